The normalized spacial score (nSPS) is 10.8. The Morgan fingerprint density at radius 3 is 2.71 bits per heavy atom. The highest BCUT2D eigenvalue weighted by molar-refractivity contribution is 5.83. The zero-order chi connectivity index (χ0) is 15.1. The van der Waals surface area contributed by atoms with Crippen molar-refractivity contribution < 1.29 is 9.53 Å². The minimum absolute atomic E-state index is 0.0826. The molecule has 21 heavy (non-hydrogen) atoms. The average molecular weight is 286 g/mol. The number of hydrogen-bond acceptors (Lipinski definition) is 3. The Morgan fingerprint density at radius 2 is 1.95 bits per heavy atom. The van der Waals surface area contributed by atoms with Crippen LogP contribution < -0.4 is 5.32 Å². The number of benzene rings is 2. The predicted octanol–water partition coefficient (Wildman–Crippen LogP) is 2.03. The van der Waals surface area contributed by atoms with Gasteiger partial charge in [-0.05, 0) is 22.4 Å². The quantitative estimate of drug-likeness (QED) is 0.792. The number of rotatable bonds is 7. The third kappa shape index (κ3) is 4.55. The average Bonchev–Trinajstić information content (AvgIpc) is 2.51. The van der Waals surface area contributed by atoms with E-state index in [1.165, 1.54) is 10.8 Å². The van der Waals surface area contributed by atoms with Crippen molar-refractivity contribution in [2.45, 2.75) is 6.54 Å². The van der Waals surface area contributed by atoms with Crippen LogP contribution in [0.4, 0.5) is 0 Å². The summed E-state index contributed by atoms with van der Waals surface area (Å²) in [5.41, 5.74) is 1.14. The molecule has 0 aliphatic carbocycles. The SMILES string of the molecule is COCCNCC(=O)N(C)Cc1ccc2ccccc2c1. The Morgan fingerprint density at radius 1 is 1.19 bits per heavy atom. The number of amides is 1. The number of carbonyl (C=O) groups excluding carboxylic acids is 1. The van der Waals surface area contributed by atoms with Crippen LogP contribution in [0.5, 0.6) is 0 Å². The lowest BCUT2D eigenvalue weighted by atomic mass is 10.1. The van der Waals surface area contributed by atoms with Crippen molar-refractivity contribution in [2.24, 2.45) is 0 Å². The molecule has 0 atom stereocenters. The van der Waals surface area contributed by atoms with Gasteiger partial charge in [0.05, 0.1) is 13.2 Å². The summed E-state index contributed by atoms with van der Waals surface area (Å²) < 4.78 is 4.93. The minimum Gasteiger partial charge on any atom is -0.383 e. The highest BCUT2D eigenvalue weighted by atomic mass is 16.5. The number of fused-ring (bicyclic) bond motifs is 1. The second-order valence-corrected chi connectivity index (χ2v) is 5.10. The van der Waals surface area contributed by atoms with Gasteiger partial charge in [0.25, 0.3) is 0 Å². The highest BCUT2D eigenvalue weighted by Gasteiger charge is 2.08. The van der Waals surface area contributed by atoms with E-state index in [0.29, 0.717) is 26.2 Å². The topological polar surface area (TPSA) is 41.6 Å². The number of methoxy groups -OCH3 is 1. The van der Waals surface area contributed by atoms with E-state index in [4.69, 9.17) is 4.74 Å². The second kappa shape index (κ2) is 7.76. The van der Waals surface area contributed by atoms with Crippen molar-refractivity contribution in [2.75, 3.05) is 33.9 Å². The van der Waals surface area contributed by atoms with Crippen LogP contribution in [0.1, 0.15) is 5.56 Å². The molecule has 2 aromatic carbocycles. The molecule has 0 saturated heterocycles. The van der Waals surface area contributed by atoms with Gasteiger partial charge >= 0.3 is 0 Å². The van der Waals surface area contributed by atoms with Gasteiger partial charge < -0.3 is 15.0 Å². The first kappa shape index (κ1) is 15.5. The molecule has 2 aromatic rings. The standard InChI is InChI=1S/C17H22N2O2/c1-19(17(20)12-18-9-10-21-2)13-14-7-8-15-5-3-4-6-16(15)11-14/h3-8,11,18H,9-10,12-13H2,1-2H3. The Bertz CT molecular complexity index is 598. The predicted molar refractivity (Wildman–Crippen MR) is 85.2 cm³/mol. The Kier molecular flexibility index (Phi) is 5.72. The highest BCUT2D eigenvalue weighted by Crippen LogP contribution is 2.16. The van der Waals surface area contributed by atoms with Crippen LogP contribution in [0.2, 0.25) is 0 Å². The number of hydrogen-bond donors (Lipinski definition) is 1. The van der Waals surface area contributed by atoms with Crippen molar-refractivity contribution in [3.8, 4) is 0 Å². The fraction of sp³-hybridized carbons (Fsp3) is 0.353. The van der Waals surface area contributed by atoms with Gasteiger partial charge in [-0.3, -0.25) is 4.79 Å². The summed E-state index contributed by atoms with van der Waals surface area (Å²) in [6, 6.07) is 14.5. The van der Waals surface area contributed by atoms with E-state index in [9.17, 15) is 4.79 Å². The molecular weight excluding hydrogens is 264 g/mol. The molecule has 4 heteroatoms. The maximum atomic E-state index is 12.0. The molecule has 0 fully saturated rings. The summed E-state index contributed by atoms with van der Waals surface area (Å²) in [5, 5.41) is 5.49. The molecule has 0 aromatic heterocycles. The van der Waals surface area contributed by atoms with Gasteiger partial charge in [-0.1, -0.05) is 36.4 Å². The fourth-order valence-electron chi connectivity index (χ4n) is 2.20. The van der Waals surface area contributed by atoms with E-state index in [-0.39, 0.29) is 5.91 Å². The van der Waals surface area contributed by atoms with Gasteiger partial charge in [-0.25, -0.2) is 0 Å². The maximum absolute atomic E-state index is 12.0. The first-order chi connectivity index (χ1) is 10.2. The molecule has 0 spiro atoms. The van der Waals surface area contributed by atoms with Crippen LogP contribution in [-0.4, -0.2) is 44.7 Å². The molecule has 112 valence electrons. The van der Waals surface area contributed by atoms with Gasteiger partial charge in [-0.2, -0.15) is 0 Å². The van der Waals surface area contributed by atoms with Crippen molar-refractivity contribution in [1.29, 1.82) is 0 Å². The zero-order valence-corrected chi connectivity index (χ0v) is 12.6. The Labute approximate surface area is 125 Å². The molecule has 2 rings (SSSR count). The lowest BCUT2D eigenvalue weighted by Crippen LogP contribution is -2.36. The summed E-state index contributed by atoms with van der Waals surface area (Å²) in [4.78, 5) is 13.7. The molecule has 0 aliphatic heterocycles. The molecule has 1 amide bonds. The first-order valence-electron chi connectivity index (χ1n) is 7.12. The monoisotopic (exact) mass is 286 g/mol. The van der Waals surface area contributed by atoms with Crippen LogP contribution in [0.3, 0.4) is 0 Å². The number of carbonyl (C=O) groups is 1. The van der Waals surface area contributed by atoms with E-state index in [0.717, 1.165) is 5.56 Å². The van der Waals surface area contributed by atoms with Gasteiger partial charge in [0.15, 0.2) is 0 Å². The summed E-state index contributed by atoms with van der Waals surface area (Å²) in [5.74, 6) is 0.0826. The van der Waals surface area contributed by atoms with Crippen LogP contribution in [0, 0.1) is 0 Å². The van der Waals surface area contributed by atoms with E-state index >= 15 is 0 Å². The van der Waals surface area contributed by atoms with Crippen molar-refractivity contribution in [3.05, 3.63) is 48.0 Å². The molecule has 4 nitrogen and oxygen atoms in total. The molecule has 0 unspecified atom stereocenters. The Balaban J connectivity index is 1.91. The van der Waals surface area contributed by atoms with Gasteiger partial charge in [-0.15, -0.1) is 0 Å². The minimum atomic E-state index is 0.0826. The van der Waals surface area contributed by atoms with Crippen LogP contribution in [-0.2, 0) is 16.1 Å². The van der Waals surface area contributed by atoms with E-state index in [1.54, 1.807) is 12.0 Å². The number of nitrogens with one attached hydrogen (secondary N) is 1. The number of nitrogens with zero attached hydrogens (tertiary/aromatic N) is 1. The largest absolute Gasteiger partial charge is 0.383 e. The molecule has 0 bridgehead atoms. The summed E-state index contributed by atoms with van der Waals surface area (Å²) in [6.45, 7) is 2.26. The molecule has 1 N–H and O–H groups in total. The van der Waals surface area contributed by atoms with Crippen molar-refractivity contribution in [1.82, 2.24) is 10.2 Å². The fourth-order valence-corrected chi connectivity index (χ4v) is 2.20. The molecule has 0 saturated carbocycles. The van der Waals surface area contributed by atoms with Crippen LogP contribution >= 0.6 is 0 Å². The number of ether oxygens (including phenoxy) is 1. The van der Waals surface area contributed by atoms with Crippen LogP contribution in [0.25, 0.3) is 10.8 Å². The van der Waals surface area contributed by atoms with E-state index in [1.807, 2.05) is 19.2 Å². The third-order valence-electron chi connectivity index (χ3n) is 3.42. The van der Waals surface area contributed by atoms with Gasteiger partial charge in [0.2, 0.25) is 5.91 Å². The van der Waals surface area contributed by atoms with E-state index in [2.05, 4.69) is 35.6 Å². The second-order valence-electron chi connectivity index (χ2n) is 5.10. The molecule has 0 radical (unpaired) electrons. The number of likely N-dealkylation sites (N-methyl/N-ethyl adjacent to an activating group) is 1. The molecule has 0 aliphatic rings. The Hall–Kier alpha value is -1.91. The zero-order valence-electron chi connectivity index (χ0n) is 12.6. The lowest BCUT2D eigenvalue weighted by Gasteiger charge is -2.18. The molecule has 0 heterocycles. The summed E-state index contributed by atoms with van der Waals surface area (Å²) in [6.07, 6.45) is 0. The summed E-state index contributed by atoms with van der Waals surface area (Å²) in [7, 11) is 3.48. The van der Waals surface area contributed by atoms with Crippen molar-refractivity contribution in [3.63, 3.8) is 0 Å². The van der Waals surface area contributed by atoms with Crippen molar-refractivity contribution >= 4 is 16.7 Å². The van der Waals surface area contributed by atoms with Gasteiger partial charge in [0, 0.05) is 27.2 Å². The van der Waals surface area contributed by atoms with Gasteiger partial charge in [0.1, 0.15) is 0 Å². The smallest absolute Gasteiger partial charge is 0.236 e. The van der Waals surface area contributed by atoms with E-state index < -0.39 is 0 Å². The molecular formula is C17H22N2O2. The summed E-state index contributed by atoms with van der Waals surface area (Å²) >= 11 is 0. The first-order valence-corrected chi connectivity index (χ1v) is 7.12. The lowest BCUT2D eigenvalue weighted by molar-refractivity contribution is -0.129. The third-order valence-corrected chi connectivity index (χ3v) is 3.42. The van der Waals surface area contributed by atoms with Crippen LogP contribution in [0.15, 0.2) is 42.5 Å². The maximum Gasteiger partial charge on any atom is 0.236 e.